The number of nitrogen functional groups attached to an aromatic ring is 1. The Morgan fingerprint density at radius 2 is 1.74 bits per heavy atom. The van der Waals surface area contributed by atoms with E-state index < -0.39 is 0 Å². The summed E-state index contributed by atoms with van der Waals surface area (Å²) in [6.45, 7) is 10.8. The molecule has 0 heterocycles. The molecule has 1 aromatic rings. The van der Waals surface area contributed by atoms with Crippen molar-refractivity contribution in [1.29, 1.82) is 5.41 Å². The maximum atomic E-state index is 7.76. The molecule has 19 heavy (non-hydrogen) atoms. The maximum absolute atomic E-state index is 7.76. The highest BCUT2D eigenvalue weighted by Gasteiger charge is 2.15. The van der Waals surface area contributed by atoms with Crippen molar-refractivity contribution in [3.05, 3.63) is 28.2 Å². The minimum Gasteiger partial charge on any atom is -0.384 e. The predicted octanol–water partition coefficient (Wildman–Crippen LogP) is 3.85. The average molecular weight is 326 g/mol. The molecule has 4 heteroatoms. The zero-order valence-corrected chi connectivity index (χ0v) is 13.8. The van der Waals surface area contributed by atoms with Crippen LogP contribution in [0.5, 0.6) is 0 Å². The van der Waals surface area contributed by atoms with Crippen molar-refractivity contribution >= 4 is 27.5 Å². The molecule has 0 aromatic heterocycles. The van der Waals surface area contributed by atoms with Crippen LogP contribution in [-0.2, 0) is 0 Å². The molecule has 0 radical (unpaired) electrons. The zero-order valence-electron chi connectivity index (χ0n) is 12.2. The number of hydrogen-bond donors (Lipinski definition) is 2. The fraction of sp³-hybridized carbons (Fsp3) is 0.533. The summed E-state index contributed by atoms with van der Waals surface area (Å²) in [7, 11) is 0. The van der Waals surface area contributed by atoms with E-state index in [0.29, 0.717) is 11.8 Å². The van der Waals surface area contributed by atoms with Crippen LogP contribution in [0.2, 0.25) is 0 Å². The monoisotopic (exact) mass is 325 g/mol. The van der Waals surface area contributed by atoms with Crippen molar-refractivity contribution < 1.29 is 0 Å². The first-order valence-corrected chi connectivity index (χ1v) is 7.49. The minimum atomic E-state index is 0.119. The van der Waals surface area contributed by atoms with Gasteiger partial charge in [0.2, 0.25) is 0 Å². The van der Waals surface area contributed by atoms with Gasteiger partial charge in [0.1, 0.15) is 5.84 Å². The number of anilines is 1. The summed E-state index contributed by atoms with van der Waals surface area (Å²) in [5.74, 6) is 1.26. The van der Waals surface area contributed by atoms with Crippen LogP contribution in [0, 0.1) is 17.2 Å². The van der Waals surface area contributed by atoms with Crippen LogP contribution in [-0.4, -0.2) is 18.9 Å². The number of rotatable bonds is 6. The number of nitrogens with zero attached hydrogens (tertiary/aromatic N) is 1. The molecule has 0 atom stereocenters. The first kappa shape index (κ1) is 16.0. The van der Waals surface area contributed by atoms with Gasteiger partial charge in [-0.15, -0.1) is 0 Å². The summed E-state index contributed by atoms with van der Waals surface area (Å²) in [5, 5.41) is 7.76. The lowest BCUT2D eigenvalue weighted by Gasteiger charge is -2.30. The summed E-state index contributed by atoms with van der Waals surface area (Å²) in [6.07, 6.45) is 0. The summed E-state index contributed by atoms with van der Waals surface area (Å²) in [5.41, 5.74) is 7.57. The number of amidine groups is 1. The Kier molecular flexibility index (Phi) is 5.85. The highest BCUT2D eigenvalue weighted by atomic mass is 79.9. The van der Waals surface area contributed by atoms with E-state index in [4.69, 9.17) is 11.1 Å². The molecule has 0 aliphatic rings. The molecule has 3 nitrogen and oxygen atoms in total. The van der Waals surface area contributed by atoms with Crippen LogP contribution < -0.4 is 10.6 Å². The summed E-state index contributed by atoms with van der Waals surface area (Å²) in [6, 6.07) is 5.98. The van der Waals surface area contributed by atoms with Gasteiger partial charge in [0, 0.05) is 28.8 Å². The van der Waals surface area contributed by atoms with Crippen LogP contribution in [0.25, 0.3) is 0 Å². The van der Waals surface area contributed by atoms with Crippen LogP contribution in [0.4, 0.5) is 5.69 Å². The van der Waals surface area contributed by atoms with Gasteiger partial charge < -0.3 is 10.6 Å². The molecule has 0 amide bonds. The maximum Gasteiger partial charge on any atom is 0.124 e. The molecule has 3 N–H and O–H groups in total. The van der Waals surface area contributed by atoms with Crippen molar-refractivity contribution in [3.63, 3.8) is 0 Å². The third kappa shape index (κ3) is 4.86. The molecule has 0 spiro atoms. The van der Waals surface area contributed by atoms with Gasteiger partial charge >= 0.3 is 0 Å². The molecule has 0 saturated heterocycles. The van der Waals surface area contributed by atoms with Crippen LogP contribution in [0.15, 0.2) is 22.7 Å². The first-order valence-electron chi connectivity index (χ1n) is 6.70. The van der Waals surface area contributed by atoms with Crippen molar-refractivity contribution in [2.45, 2.75) is 27.7 Å². The predicted molar refractivity (Wildman–Crippen MR) is 87.0 cm³/mol. The van der Waals surface area contributed by atoms with E-state index in [2.05, 4.69) is 48.5 Å². The molecule has 1 rings (SSSR count). The van der Waals surface area contributed by atoms with E-state index in [1.807, 2.05) is 18.2 Å². The molecular formula is C15H24BrN3. The fourth-order valence-corrected chi connectivity index (χ4v) is 2.51. The quantitative estimate of drug-likeness (QED) is 0.616. The third-order valence-electron chi connectivity index (χ3n) is 2.76. The van der Waals surface area contributed by atoms with Gasteiger partial charge in [-0.3, -0.25) is 5.41 Å². The van der Waals surface area contributed by atoms with E-state index in [-0.39, 0.29) is 5.84 Å². The van der Waals surface area contributed by atoms with Crippen molar-refractivity contribution in [2.24, 2.45) is 17.6 Å². The number of nitrogens with two attached hydrogens (primary N) is 1. The molecule has 0 aliphatic heterocycles. The number of nitrogens with one attached hydrogen (secondary N) is 1. The molecule has 0 unspecified atom stereocenters. The summed E-state index contributed by atoms with van der Waals surface area (Å²) in [4.78, 5) is 2.33. The molecule has 0 aliphatic carbocycles. The normalized spacial score (nSPS) is 11.1. The van der Waals surface area contributed by atoms with Crippen LogP contribution in [0.1, 0.15) is 33.3 Å². The second-order valence-electron chi connectivity index (χ2n) is 5.77. The third-order valence-corrected chi connectivity index (χ3v) is 3.25. The van der Waals surface area contributed by atoms with Crippen LogP contribution in [0.3, 0.4) is 0 Å². The minimum absolute atomic E-state index is 0.119. The zero-order chi connectivity index (χ0) is 14.6. The molecule has 0 saturated carbocycles. The van der Waals surface area contributed by atoms with Gasteiger partial charge in [-0.1, -0.05) is 43.6 Å². The van der Waals surface area contributed by atoms with Gasteiger partial charge in [-0.05, 0) is 30.0 Å². The standard InChI is InChI=1S/C15H24BrN3/c1-10(2)8-19(9-11(3)4)14-6-5-12(16)7-13(14)15(17)18/h5-7,10-11H,8-9H2,1-4H3,(H3,17,18). The van der Waals surface area contributed by atoms with Gasteiger partial charge in [0.05, 0.1) is 0 Å². The van der Waals surface area contributed by atoms with E-state index in [0.717, 1.165) is 28.8 Å². The second-order valence-corrected chi connectivity index (χ2v) is 6.68. The van der Waals surface area contributed by atoms with Gasteiger partial charge in [0.25, 0.3) is 0 Å². The van der Waals surface area contributed by atoms with E-state index in [9.17, 15) is 0 Å². The Labute approximate surface area is 124 Å². The van der Waals surface area contributed by atoms with E-state index in [1.165, 1.54) is 0 Å². The average Bonchev–Trinajstić information content (AvgIpc) is 2.26. The van der Waals surface area contributed by atoms with Crippen molar-refractivity contribution in [2.75, 3.05) is 18.0 Å². The first-order chi connectivity index (χ1) is 8.81. The molecule has 0 bridgehead atoms. The Balaban J connectivity index is 3.16. The highest BCUT2D eigenvalue weighted by molar-refractivity contribution is 9.10. The van der Waals surface area contributed by atoms with Crippen molar-refractivity contribution in [1.82, 2.24) is 0 Å². The molecule has 1 aromatic carbocycles. The largest absolute Gasteiger partial charge is 0.384 e. The fourth-order valence-electron chi connectivity index (χ4n) is 2.15. The molecular weight excluding hydrogens is 302 g/mol. The van der Waals surface area contributed by atoms with Gasteiger partial charge in [-0.25, -0.2) is 0 Å². The molecule has 106 valence electrons. The Morgan fingerprint density at radius 3 is 2.16 bits per heavy atom. The summed E-state index contributed by atoms with van der Waals surface area (Å²) >= 11 is 3.44. The SMILES string of the molecule is CC(C)CN(CC(C)C)c1ccc(Br)cc1C(=N)N. The number of halogens is 1. The van der Waals surface area contributed by atoms with Gasteiger partial charge in [0.15, 0.2) is 0 Å². The van der Waals surface area contributed by atoms with Gasteiger partial charge in [-0.2, -0.15) is 0 Å². The topological polar surface area (TPSA) is 53.1 Å². The lowest BCUT2D eigenvalue weighted by molar-refractivity contribution is 0.552. The lowest BCUT2D eigenvalue weighted by atomic mass is 10.1. The van der Waals surface area contributed by atoms with E-state index >= 15 is 0 Å². The second kappa shape index (κ2) is 6.94. The summed E-state index contributed by atoms with van der Waals surface area (Å²) < 4.78 is 0.954. The van der Waals surface area contributed by atoms with E-state index in [1.54, 1.807) is 0 Å². The highest BCUT2D eigenvalue weighted by Crippen LogP contribution is 2.26. The smallest absolute Gasteiger partial charge is 0.124 e. The molecule has 0 fully saturated rings. The Morgan fingerprint density at radius 1 is 1.21 bits per heavy atom. The van der Waals surface area contributed by atoms with Crippen LogP contribution >= 0.6 is 15.9 Å². The number of hydrogen-bond acceptors (Lipinski definition) is 2. The lowest BCUT2D eigenvalue weighted by Crippen LogP contribution is -2.33. The number of benzene rings is 1. The Bertz CT molecular complexity index is 431. The van der Waals surface area contributed by atoms with Crippen molar-refractivity contribution in [3.8, 4) is 0 Å². The Hall–Kier alpha value is -1.03.